The van der Waals surface area contributed by atoms with Crippen LogP contribution in [-0.4, -0.2) is 41.4 Å². The van der Waals surface area contributed by atoms with Crippen LogP contribution in [0, 0.1) is 17.8 Å². The van der Waals surface area contributed by atoms with Crippen molar-refractivity contribution >= 4 is 11.7 Å². The zero-order valence-electron chi connectivity index (χ0n) is 11.1. The molecule has 1 amide bonds. The number of nitrogens with zero attached hydrogens (tertiary/aromatic N) is 1. The van der Waals surface area contributed by atoms with Crippen molar-refractivity contribution in [3.8, 4) is 0 Å². The van der Waals surface area contributed by atoms with Gasteiger partial charge in [-0.25, -0.2) is 0 Å². The van der Waals surface area contributed by atoms with E-state index in [0.717, 1.165) is 32.1 Å². The van der Waals surface area contributed by atoms with Crippen LogP contribution in [0.3, 0.4) is 0 Å². The number of Topliss-reactive ketones (excluding diaryl/α,β-unsaturated/α-hetero) is 1. The highest BCUT2D eigenvalue weighted by Crippen LogP contribution is 2.40. The third-order valence-electron chi connectivity index (χ3n) is 4.46. The van der Waals surface area contributed by atoms with Gasteiger partial charge in [-0.05, 0) is 32.6 Å². The summed E-state index contributed by atoms with van der Waals surface area (Å²) in [5.41, 5.74) is 0. The van der Waals surface area contributed by atoms with E-state index in [1.54, 1.807) is 4.90 Å². The van der Waals surface area contributed by atoms with E-state index in [-0.39, 0.29) is 30.3 Å². The number of carbonyl (C=O) groups is 2. The maximum absolute atomic E-state index is 12.4. The minimum atomic E-state index is 0.00417. The van der Waals surface area contributed by atoms with Crippen LogP contribution >= 0.6 is 0 Å². The highest BCUT2D eigenvalue weighted by molar-refractivity contribution is 5.88. The van der Waals surface area contributed by atoms with Crippen LogP contribution in [-0.2, 0) is 9.59 Å². The Hall–Kier alpha value is -0.900. The number of fused-ring (bicyclic) bond motifs is 2. The Kier molecular flexibility index (Phi) is 4.38. The summed E-state index contributed by atoms with van der Waals surface area (Å²) in [6, 6.07) is 0. The van der Waals surface area contributed by atoms with Crippen molar-refractivity contribution in [3.05, 3.63) is 0 Å². The quantitative estimate of drug-likeness (QED) is 0.819. The van der Waals surface area contributed by atoms with E-state index in [0.29, 0.717) is 18.9 Å². The van der Waals surface area contributed by atoms with E-state index in [9.17, 15) is 9.59 Å². The Morgan fingerprint density at radius 2 is 1.94 bits per heavy atom. The van der Waals surface area contributed by atoms with Gasteiger partial charge in [0.1, 0.15) is 5.78 Å². The number of aliphatic hydroxyl groups is 1. The van der Waals surface area contributed by atoms with E-state index >= 15 is 0 Å². The number of aliphatic hydroxyl groups excluding tert-OH is 1. The predicted molar refractivity (Wildman–Crippen MR) is 67.9 cm³/mol. The molecule has 0 radical (unpaired) electrons. The third kappa shape index (κ3) is 2.58. The number of hydrogen-bond acceptors (Lipinski definition) is 3. The molecule has 2 rings (SSSR count). The fourth-order valence-electron chi connectivity index (χ4n) is 3.48. The molecular formula is C14H23NO3. The SMILES string of the molecule is CCN(CCO)C(=O)C1CC2CCCC(C1)C2=O. The molecule has 1 N–H and O–H groups in total. The van der Waals surface area contributed by atoms with E-state index in [4.69, 9.17) is 5.11 Å². The van der Waals surface area contributed by atoms with Crippen LogP contribution in [0.4, 0.5) is 0 Å². The van der Waals surface area contributed by atoms with Crippen molar-refractivity contribution in [2.24, 2.45) is 17.8 Å². The van der Waals surface area contributed by atoms with Crippen LogP contribution in [0.2, 0.25) is 0 Å². The first-order chi connectivity index (χ1) is 8.67. The van der Waals surface area contributed by atoms with Gasteiger partial charge >= 0.3 is 0 Å². The molecule has 102 valence electrons. The molecule has 0 heterocycles. The van der Waals surface area contributed by atoms with Gasteiger partial charge in [0.2, 0.25) is 5.91 Å². The smallest absolute Gasteiger partial charge is 0.225 e. The van der Waals surface area contributed by atoms with Gasteiger partial charge in [-0.3, -0.25) is 9.59 Å². The molecule has 2 atom stereocenters. The monoisotopic (exact) mass is 253 g/mol. The highest BCUT2D eigenvalue weighted by Gasteiger charge is 2.41. The number of carbonyl (C=O) groups excluding carboxylic acids is 2. The molecule has 2 aliphatic rings. The molecule has 4 heteroatoms. The fraction of sp³-hybridized carbons (Fsp3) is 0.857. The van der Waals surface area contributed by atoms with Gasteiger partial charge in [0, 0.05) is 30.8 Å². The van der Waals surface area contributed by atoms with Crippen LogP contribution < -0.4 is 0 Å². The summed E-state index contributed by atoms with van der Waals surface area (Å²) in [4.78, 5) is 26.1. The maximum atomic E-state index is 12.4. The molecule has 0 aromatic carbocycles. The summed E-state index contributed by atoms with van der Waals surface area (Å²) >= 11 is 0. The van der Waals surface area contributed by atoms with Gasteiger partial charge in [-0.2, -0.15) is 0 Å². The summed E-state index contributed by atoms with van der Waals surface area (Å²) < 4.78 is 0. The zero-order valence-corrected chi connectivity index (χ0v) is 11.1. The second-order valence-corrected chi connectivity index (χ2v) is 5.54. The third-order valence-corrected chi connectivity index (χ3v) is 4.46. The van der Waals surface area contributed by atoms with Crippen molar-refractivity contribution < 1.29 is 14.7 Å². The molecule has 0 aromatic heterocycles. The van der Waals surface area contributed by atoms with E-state index in [1.165, 1.54) is 0 Å². The molecule has 18 heavy (non-hydrogen) atoms. The second-order valence-electron chi connectivity index (χ2n) is 5.54. The average molecular weight is 253 g/mol. The maximum Gasteiger partial charge on any atom is 0.225 e. The van der Waals surface area contributed by atoms with Crippen molar-refractivity contribution in [2.45, 2.75) is 39.0 Å². The standard InChI is InChI=1S/C14H23NO3/c1-2-15(6-7-16)14(18)12-8-10-4-3-5-11(9-12)13(10)17/h10-12,16H,2-9H2,1H3. The van der Waals surface area contributed by atoms with Gasteiger partial charge in [-0.15, -0.1) is 0 Å². The minimum Gasteiger partial charge on any atom is -0.395 e. The summed E-state index contributed by atoms with van der Waals surface area (Å²) in [6.45, 7) is 2.99. The van der Waals surface area contributed by atoms with Crippen molar-refractivity contribution in [1.82, 2.24) is 4.90 Å². The lowest BCUT2D eigenvalue weighted by molar-refractivity contribution is -0.143. The lowest BCUT2D eigenvalue weighted by Gasteiger charge is -2.38. The Labute approximate surface area is 108 Å². The number of amides is 1. The summed E-state index contributed by atoms with van der Waals surface area (Å²) in [5.74, 6) is 0.787. The highest BCUT2D eigenvalue weighted by atomic mass is 16.3. The Balaban J connectivity index is 2.01. The lowest BCUT2D eigenvalue weighted by Crippen LogP contribution is -2.44. The predicted octanol–water partition coefficient (Wildman–Crippen LogP) is 1.22. The summed E-state index contributed by atoms with van der Waals surface area (Å²) in [5, 5.41) is 8.97. The molecule has 2 unspecified atom stereocenters. The van der Waals surface area contributed by atoms with Gasteiger partial charge in [0.25, 0.3) is 0 Å². The molecule has 2 fully saturated rings. The molecule has 4 nitrogen and oxygen atoms in total. The zero-order chi connectivity index (χ0) is 13.1. The Morgan fingerprint density at radius 1 is 1.33 bits per heavy atom. The Bertz CT molecular complexity index is 313. The Morgan fingerprint density at radius 3 is 2.44 bits per heavy atom. The first-order valence-electron chi connectivity index (χ1n) is 7.10. The van der Waals surface area contributed by atoms with E-state index in [1.807, 2.05) is 6.92 Å². The summed E-state index contributed by atoms with van der Waals surface area (Å²) in [7, 11) is 0. The molecular weight excluding hydrogens is 230 g/mol. The number of ketones is 1. The fourth-order valence-corrected chi connectivity index (χ4v) is 3.48. The second kappa shape index (κ2) is 5.83. The first-order valence-corrected chi connectivity index (χ1v) is 7.10. The molecule has 0 aliphatic heterocycles. The molecule has 2 bridgehead atoms. The number of hydrogen-bond donors (Lipinski definition) is 1. The van der Waals surface area contributed by atoms with Gasteiger partial charge < -0.3 is 10.0 Å². The van der Waals surface area contributed by atoms with Gasteiger partial charge in [-0.1, -0.05) is 6.42 Å². The molecule has 0 saturated heterocycles. The van der Waals surface area contributed by atoms with Gasteiger partial charge in [0.15, 0.2) is 0 Å². The largest absolute Gasteiger partial charge is 0.395 e. The van der Waals surface area contributed by atoms with Crippen molar-refractivity contribution in [3.63, 3.8) is 0 Å². The number of rotatable bonds is 4. The summed E-state index contributed by atoms with van der Waals surface area (Å²) in [6.07, 6.45) is 4.53. The van der Waals surface area contributed by atoms with Gasteiger partial charge in [0.05, 0.1) is 6.61 Å². The first kappa shape index (κ1) is 13.5. The van der Waals surface area contributed by atoms with Crippen molar-refractivity contribution in [1.29, 1.82) is 0 Å². The van der Waals surface area contributed by atoms with E-state index in [2.05, 4.69) is 0 Å². The van der Waals surface area contributed by atoms with Crippen molar-refractivity contribution in [2.75, 3.05) is 19.7 Å². The van der Waals surface area contributed by atoms with Crippen LogP contribution in [0.25, 0.3) is 0 Å². The number of likely N-dealkylation sites (N-methyl/N-ethyl adjacent to an activating group) is 1. The van der Waals surface area contributed by atoms with Crippen LogP contribution in [0.1, 0.15) is 39.0 Å². The lowest BCUT2D eigenvalue weighted by atomic mass is 9.67. The normalized spacial score (nSPS) is 31.2. The van der Waals surface area contributed by atoms with E-state index < -0.39 is 0 Å². The molecule has 0 aromatic rings. The molecule has 0 spiro atoms. The van der Waals surface area contributed by atoms with Crippen LogP contribution in [0.5, 0.6) is 0 Å². The molecule has 2 aliphatic carbocycles. The molecule has 2 saturated carbocycles. The van der Waals surface area contributed by atoms with Crippen LogP contribution in [0.15, 0.2) is 0 Å². The topological polar surface area (TPSA) is 57.6 Å². The average Bonchev–Trinajstić information content (AvgIpc) is 2.35. The minimum absolute atomic E-state index is 0.00417.